The Labute approximate surface area is 402 Å². The van der Waals surface area contributed by atoms with Gasteiger partial charge in [0.2, 0.25) is 0 Å². The minimum atomic E-state index is -4.95. The first-order chi connectivity index (χ1) is 32.0. The number of thioether (sulfide) groups is 1. The van der Waals surface area contributed by atoms with Crippen molar-refractivity contribution in [2.45, 2.75) is 159 Å². The minimum absolute atomic E-state index is 0.00500. The number of esters is 2. The normalized spacial score (nSPS) is 15.9. The molecule has 0 rings (SSSR count). The van der Waals surface area contributed by atoms with Gasteiger partial charge in [0.15, 0.2) is 6.10 Å². The standard InChI is InChI=1S/C47H79NO16P2S/c1-3-5-7-9-11-13-15-17-18-19-21-23-25-27-29-34-46(53)64-41(38-63-66(58,59)62-36-40(49)35-61-65(55,56)57)37-60-47(54)42(48)39-67-44(43(50)31-30-33-45(51)52)32-28-26-24-22-20-16-14-12-10-8-6-4-2/h5,7,11-14,17-18,20,22,24,26,28,32,40-44,49-50H,3-4,6,8-10,15-16,19,21,23,25,27,29-31,33-39,48H2,1-2H3,(H,51,52)(H,58,59)(H2,55,56,57)/b7-5-,13-11-,14-12-,18-17-,22-20-,26-24+,32-28+/t40-,41+,42-,43-,44+/m0/s1. The van der Waals surface area contributed by atoms with Gasteiger partial charge in [-0.2, -0.15) is 0 Å². The fourth-order valence-electron chi connectivity index (χ4n) is 5.63. The Kier molecular flexibility index (Phi) is 40.1. The number of aliphatic hydroxyl groups is 2. The summed E-state index contributed by atoms with van der Waals surface area (Å²) >= 11 is 1.15. The Morgan fingerprint density at radius 3 is 1.90 bits per heavy atom. The second-order valence-corrected chi connectivity index (χ2v) is 19.4. The molecule has 1 unspecified atom stereocenters. The van der Waals surface area contributed by atoms with Crippen LogP contribution in [0.15, 0.2) is 85.1 Å². The summed E-state index contributed by atoms with van der Waals surface area (Å²) in [6.07, 6.45) is 37.7. The van der Waals surface area contributed by atoms with Crippen LogP contribution in [0.5, 0.6) is 0 Å². The first-order valence-corrected chi connectivity index (χ1v) is 27.3. The van der Waals surface area contributed by atoms with Gasteiger partial charge in [-0.05, 0) is 70.6 Å². The van der Waals surface area contributed by atoms with Gasteiger partial charge in [0.05, 0.1) is 25.9 Å². The average molecular weight is 1010 g/mol. The summed E-state index contributed by atoms with van der Waals surface area (Å²) in [7, 11) is -9.88. The summed E-state index contributed by atoms with van der Waals surface area (Å²) < 4.78 is 48.0. The zero-order valence-electron chi connectivity index (χ0n) is 39.4. The summed E-state index contributed by atoms with van der Waals surface area (Å²) in [6.45, 7) is 1.01. The van der Waals surface area contributed by atoms with Crippen LogP contribution in [-0.2, 0) is 46.6 Å². The van der Waals surface area contributed by atoms with E-state index in [-0.39, 0.29) is 31.4 Å². The van der Waals surface area contributed by atoms with Crippen molar-refractivity contribution in [3.8, 4) is 0 Å². The molecule has 8 N–H and O–H groups in total. The van der Waals surface area contributed by atoms with Crippen LogP contribution in [0.2, 0.25) is 0 Å². The summed E-state index contributed by atoms with van der Waals surface area (Å²) in [4.78, 5) is 64.7. The molecule has 0 bridgehead atoms. The van der Waals surface area contributed by atoms with Gasteiger partial charge >= 0.3 is 33.6 Å². The number of carboxylic acid groups (broad SMARTS) is 1. The lowest BCUT2D eigenvalue weighted by Crippen LogP contribution is -2.38. The first kappa shape index (κ1) is 64.0. The van der Waals surface area contributed by atoms with Crippen molar-refractivity contribution >= 4 is 45.3 Å². The van der Waals surface area contributed by atoms with Crippen LogP contribution < -0.4 is 5.73 Å². The number of aliphatic hydroxyl groups excluding tert-OH is 2. The summed E-state index contributed by atoms with van der Waals surface area (Å²) in [5.41, 5.74) is 6.15. The van der Waals surface area contributed by atoms with E-state index < -0.39 is 89.6 Å². The number of carbonyl (C=O) groups excluding carboxylic acids is 2. The Bertz CT molecular complexity index is 1630. The predicted octanol–water partition coefficient (Wildman–Crippen LogP) is 8.87. The molecule has 0 radical (unpaired) electrons. The zero-order chi connectivity index (χ0) is 50.0. The molecule has 0 aromatic rings. The number of carboxylic acids is 1. The highest BCUT2D eigenvalue weighted by molar-refractivity contribution is 8.00. The van der Waals surface area contributed by atoms with E-state index in [1.807, 2.05) is 18.2 Å². The fourth-order valence-corrected chi connectivity index (χ4v) is 7.91. The number of aliphatic carboxylic acids is 1. The highest BCUT2D eigenvalue weighted by Gasteiger charge is 2.29. The number of phosphoric ester groups is 2. The molecule has 0 aliphatic heterocycles. The lowest BCUT2D eigenvalue weighted by Gasteiger charge is -2.22. The van der Waals surface area contributed by atoms with Gasteiger partial charge < -0.3 is 45.2 Å². The van der Waals surface area contributed by atoms with Gasteiger partial charge in [0.1, 0.15) is 18.8 Å². The maximum atomic E-state index is 13.0. The maximum Gasteiger partial charge on any atom is 0.472 e. The number of unbranched alkanes of at least 4 members (excludes halogenated alkanes) is 8. The molecule has 0 fully saturated rings. The molecule has 0 amide bonds. The van der Waals surface area contributed by atoms with E-state index in [0.29, 0.717) is 6.42 Å². The van der Waals surface area contributed by atoms with Gasteiger partial charge in [-0.1, -0.05) is 131 Å². The molecule has 6 atom stereocenters. The van der Waals surface area contributed by atoms with Gasteiger partial charge in [-0.25, -0.2) is 9.13 Å². The van der Waals surface area contributed by atoms with E-state index >= 15 is 0 Å². The fraction of sp³-hybridized carbons (Fsp3) is 0.638. The number of carbonyl (C=O) groups is 3. The molecule has 67 heavy (non-hydrogen) atoms. The molecule has 17 nitrogen and oxygen atoms in total. The summed E-state index contributed by atoms with van der Waals surface area (Å²) in [6, 6.07) is -1.23. The molecule has 0 saturated heterocycles. The van der Waals surface area contributed by atoms with Crippen molar-refractivity contribution < 1.29 is 76.6 Å². The smallest absolute Gasteiger partial charge is 0.472 e. The Morgan fingerprint density at radius 1 is 0.657 bits per heavy atom. The molecule has 0 aliphatic rings. The number of hydrogen-bond donors (Lipinski definition) is 7. The quantitative estimate of drug-likeness (QED) is 0.00987. The molecule has 0 aromatic heterocycles. The number of ether oxygens (including phenoxy) is 2. The van der Waals surface area contributed by atoms with Crippen LogP contribution in [0.4, 0.5) is 0 Å². The molecule has 20 heteroatoms. The Morgan fingerprint density at radius 2 is 1.24 bits per heavy atom. The van der Waals surface area contributed by atoms with Crippen LogP contribution in [0.3, 0.4) is 0 Å². The topological polar surface area (TPSA) is 279 Å². The van der Waals surface area contributed by atoms with Crippen LogP contribution >= 0.6 is 27.4 Å². The monoisotopic (exact) mass is 1010 g/mol. The molecule has 0 aliphatic carbocycles. The van der Waals surface area contributed by atoms with E-state index in [4.69, 9.17) is 34.6 Å². The second kappa shape index (κ2) is 42.0. The van der Waals surface area contributed by atoms with Crippen LogP contribution in [-0.4, -0.2) is 110 Å². The number of phosphoric acid groups is 2. The van der Waals surface area contributed by atoms with Crippen molar-refractivity contribution in [1.82, 2.24) is 0 Å². The number of hydrogen-bond acceptors (Lipinski definition) is 14. The van der Waals surface area contributed by atoms with Gasteiger partial charge in [-0.15, -0.1) is 11.8 Å². The average Bonchev–Trinajstić information content (AvgIpc) is 3.27. The van der Waals surface area contributed by atoms with Crippen LogP contribution in [0.25, 0.3) is 0 Å². The van der Waals surface area contributed by atoms with Gasteiger partial charge in [-0.3, -0.25) is 28.0 Å². The third-order valence-electron chi connectivity index (χ3n) is 9.25. The van der Waals surface area contributed by atoms with Crippen molar-refractivity contribution in [2.75, 3.05) is 32.2 Å². The Hall–Kier alpha value is -2.96. The maximum absolute atomic E-state index is 13.0. The number of nitrogens with two attached hydrogens (primary N) is 1. The summed E-state index contributed by atoms with van der Waals surface area (Å²) in [5, 5.41) is 29.2. The molecule has 384 valence electrons. The predicted molar refractivity (Wildman–Crippen MR) is 263 cm³/mol. The highest BCUT2D eigenvalue weighted by atomic mass is 32.2. The summed E-state index contributed by atoms with van der Waals surface area (Å²) in [5.74, 6) is -2.62. The molecule has 0 spiro atoms. The van der Waals surface area contributed by atoms with Crippen molar-refractivity contribution in [2.24, 2.45) is 5.73 Å². The van der Waals surface area contributed by atoms with E-state index in [1.165, 1.54) is 19.3 Å². The van der Waals surface area contributed by atoms with Gasteiger partial charge in [0, 0.05) is 23.8 Å². The minimum Gasteiger partial charge on any atom is -0.481 e. The van der Waals surface area contributed by atoms with E-state index in [1.54, 1.807) is 18.2 Å². The molecular weight excluding hydrogens is 929 g/mol. The molecule has 0 aromatic carbocycles. The van der Waals surface area contributed by atoms with E-state index in [9.17, 15) is 38.6 Å². The highest BCUT2D eigenvalue weighted by Crippen LogP contribution is 2.44. The third-order valence-corrected chi connectivity index (χ3v) is 12.1. The number of allylic oxidation sites excluding steroid dienone is 13. The molecule has 0 heterocycles. The number of rotatable bonds is 43. The van der Waals surface area contributed by atoms with Crippen LogP contribution in [0, 0.1) is 0 Å². The zero-order valence-corrected chi connectivity index (χ0v) is 42.0. The van der Waals surface area contributed by atoms with Crippen molar-refractivity contribution in [3.05, 3.63) is 85.1 Å². The lowest BCUT2D eigenvalue weighted by molar-refractivity contribution is -0.161. The second-order valence-electron chi connectivity index (χ2n) is 15.5. The van der Waals surface area contributed by atoms with Gasteiger partial charge in [0.25, 0.3) is 0 Å². The molecule has 0 saturated carbocycles. The van der Waals surface area contributed by atoms with Crippen molar-refractivity contribution in [1.29, 1.82) is 0 Å². The lowest BCUT2D eigenvalue weighted by atomic mass is 10.1. The van der Waals surface area contributed by atoms with Crippen molar-refractivity contribution in [3.63, 3.8) is 0 Å². The van der Waals surface area contributed by atoms with E-state index in [2.05, 4.69) is 71.5 Å². The first-order valence-electron chi connectivity index (χ1n) is 23.2. The SMILES string of the molecule is CC/C=C\C/C=C\C/C=C\CCCCCCCC(=O)O[C@H](COC(=O)[C@@H](N)CS[C@H](/C=C/C=C/C=C\C/C=C\CCCCC)[C@@H](O)CCCC(=O)O)COP(=O)(O)OC[C@@H](O)COP(=O)(O)O. The molecular formula is C47H79NO16P2S. The Balaban J connectivity index is 5.39. The largest absolute Gasteiger partial charge is 0.481 e. The van der Waals surface area contributed by atoms with E-state index in [0.717, 1.165) is 76.0 Å². The van der Waals surface area contributed by atoms with Crippen LogP contribution in [0.1, 0.15) is 129 Å². The third kappa shape index (κ3) is 42.8.